The van der Waals surface area contributed by atoms with Crippen LogP contribution in [0.5, 0.6) is 0 Å². The van der Waals surface area contributed by atoms with Gasteiger partial charge in [0.1, 0.15) is 0 Å². The standard InChI is InChI=1S/C35H34F12P2.C5.Fe/c1-21(48(26-9-4-2-5-10-26)27-11-6-3-7-12-27)30-13-8-14-31(30)49(28-17-22(32(36,37)38)15-23(18-28)33(39,40)41)29-19-24(34(42,43)44)16-25(20-29)35(45,46)47;1-2-4-5-3-1;/h8,14-21,26-27H,2-7,9-12H2,1H3;;/q2*-1;+2/t21-;;/m1../s1. The predicted molar refractivity (Wildman–Crippen MR) is 186 cm³/mol. The Hall–Kier alpha value is -2.59. The van der Waals surface area contributed by atoms with E-state index in [-0.39, 0.29) is 40.2 Å². The van der Waals surface area contributed by atoms with Crippen LogP contribution in [0.2, 0.25) is 0 Å². The molecule has 0 amide bonds. The largest absolute Gasteiger partial charge is 2.00 e. The second kappa shape index (κ2) is 18.3. The van der Waals surface area contributed by atoms with E-state index in [0.717, 1.165) is 64.2 Å². The van der Waals surface area contributed by atoms with Crippen molar-refractivity contribution in [1.29, 1.82) is 0 Å². The minimum Gasteiger partial charge on any atom is -0.288 e. The van der Waals surface area contributed by atoms with Gasteiger partial charge in [0.05, 0.1) is 22.3 Å². The van der Waals surface area contributed by atoms with Crippen LogP contribution in [0.4, 0.5) is 52.7 Å². The molecule has 0 bridgehead atoms. The molecule has 2 fully saturated rings. The molecule has 3 aromatic rings. The molecule has 3 aromatic carbocycles. The minimum atomic E-state index is -5.29. The van der Waals surface area contributed by atoms with Crippen molar-refractivity contribution in [3.63, 3.8) is 0 Å². The average Bonchev–Trinajstić information content (AvgIpc) is 3.84. The first kappa shape index (κ1) is 45.1. The molecule has 3 aliphatic rings. The topological polar surface area (TPSA) is 0 Å². The van der Waals surface area contributed by atoms with E-state index in [2.05, 4.69) is 35.4 Å². The van der Waals surface area contributed by atoms with Crippen LogP contribution in [0, 0.1) is 18.2 Å². The molecule has 3 aliphatic carbocycles. The Morgan fingerprint density at radius 1 is 0.618 bits per heavy atom. The summed E-state index contributed by atoms with van der Waals surface area (Å²) >= 11 is 0. The molecule has 0 saturated heterocycles. The van der Waals surface area contributed by atoms with Gasteiger partial charge < -0.3 is 0 Å². The summed E-state index contributed by atoms with van der Waals surface area (Å²) in [7, 11) is -3.62. The summed E-state index contributed by atoms with van der Waals surface area (Å²) in [6, 6.07) is 7.38. The fourth-order valence-corrected chi connectivity index (χ4v) is 14.5. The molecule has 2 saturated carbocycles. The Balaban J connectivity index is 0.00000104. The van der Waals surface area contributed by atoms with E-state index < -0.39 is 73.4 Å². The summed E-state index contributed by atoms with van der Waals surface area (Å²) in [6.07, 6.45) is -6.08. The maximum atomic E-state index is 14.0. The zero-order valence-corrected chi connectivity index (χ0v) is 32.1. The summed E-state index contributed by atoms with van der Waals surface area (Å²) in [5.41, 5.74) is 1.49. The molecule has 0 spiro atoms. The molecule has 1 atom stereocenters. The summed E-state index contributed by atoms with van der Waals surface area (Å²) in [4.78, 5) is 0. The number of allylic oxidation sites excluding steroid dienone is 2. The molecular weight excluding hydrogens is 826 g/mol. The van der Waals surface area contributed by atoms with Gasteiger partial charge in [-0.2, -0.15) is 64.3 Å². The second-order valence-electron chi connectivity index (χ2n) is 13.5. The molecule has 2 radical (unpaired) electrons. The summed E-state index contributed by atoms with van der Waals surface area (Å²) in [5, 5.41) is -1.20. The normalized spacial score (nSPS) is 17.4. The first-order chi connectivity index (χ1) is 25.2. The van der Waals surface area contributed by atoms with Gasteiger partial charge >= 0.3 is 41.8 Å². The van der Waals surface area contributed by atoms with Crippen molar-refractivity contribution in [3.05, 3.63) is 112 Å². The van der Waals surface area contributed by atoms with Gasteiger partial charge in [-0.15, -0.1) is 17.5 Å². The van der Waals surface area contributed by atoms with Crippen molar-refractivity contribution >= 4 is 31.8 Å². The Labute approximate surface area is 325 Å². The van der Waals surface area contributed by atoms with Gasteiger partial charge in [-0.25, -0.2) is 17.9 Å². The average molecular weight is 860 g/mol. The van der Waals surface area contributed by atoms with Crippen molar-refractivity contribution in [2.75, 3.05) is 0 Å². The molecule has 15 heteroatoms. The molecule has 55 heavy (non-hydrogen) atoms. The van der Waals surface area contributed by atoms with Gasteiger partial charge in [0.2, 0.25) is 0 Å². The molecule has 6 rings (SSSR count). The van der Waals surface area contributed by atoms with Gasteiger partial charge in [-0.05, 0) is 89.7 Å². The molecule has 0 aromatic heterocycles. The summed E-state index contributed by atoms with van der Waals surface area (Å²) in [6.45, 7) is 1.93. The van der Waals surface area contributed by atoms with E-state index in [1.54, 1.807) is 0 Å². The van der Waals surface area contributed by atoms with Crippen LogP contribution in [0.3, 0.4) is 0 Å². The number of rotatable bonds is 7. The maximum absolute atomic E-state index is 14.0. The van der Waals surface area contributed by atoms with E-state index >= 15 is 0 Å². The fraction of sp³-hybridized carbons (Fsp3) is 0.450. The van der Waals surface area contributed by atoms with E-state index in [0.29, 0.717) is 41.1 Å². The number of hydrogen-bond donors (Lipinski definition) is 0. The molecular formula is C40H34F12FeP2. The predicted octanol–water partition coefficient (Wildman–Crippen LogP) is 12.9. The van der Waals surface area contributed by atoms with Gasteiger partial charge in [-0.1, -0.05) is 61.3 Å². The molecule has 0 aliphatic heterocycles. The summed E-state index contributed by atoms with van der Waals surface area (Å²) < 4.78 is 169. The zero-order valence-electron chi connectivity index (χ0n) is 29.2. The zero-order chi connectivity index (χ0) is 39.5. The van der Waals surface area contributed by atoms with Crippen molar-refractivity contribution in [1.82, 2.24) is 0 Å². The van der Waals surface area contributed by atoms with Gasteiger partial charge in [-0.3, -0.25) is 11.5 Å². The molecule has 0 nitrogen and oxygen atoms in total. The molecule has 296 valence electrons. The van der Waals surface area contributed by atoms with Crippen LogP contribution in [0.25, 0.3) is 0 Å². The third-order valence-corrected chi connectivity index (χ3v) is 16.1. The molecule has 0 unspecified atom stereocenters. The number of benzene rings is 2. The third kappa shape index (κ3) is 11.5. The Morgan fingerprint density at radius 2 is 1.02 bits per heavy atom. The fourth-order valence-electron chi connectivity index (χ4n) is 7.46. The first-order valence-electron chi connectivity index (χ1n) is 17.3. The maximum Gasteiger partial charge on any atom is 2.00 e. The van der Waals surface area contributed by atoms with Crippen molar-refractivity contribution in [2.24, 2.45) is 0 Å². The van der Waals surface area contributed by atoms with E-state index in [9.17, 15) is 52.7 Å². The first-order valence-corrected chi connectivity index (χ1v) is 20.2. The van der Waals surface area contributed by atoms with E-state index in [1.807, 2.05) is 6.92 Å². The minimum absolute atomic E-state index is 0. The Morgan fingerprint density at radius 3 is 1.33 bits per heavy atom. The van der Waals surface area contributed by atoms with Crippen LogP contribution < -0.4 is 15.9 Å². The Bertz CT molecular complexity index is 1710. The van der Waals surface area contributed by atoms with Gasteiger partial charge in [0.25, 0.3) is 0 Å². The third-order valence-electron chi connectivity index (χ3n) is 9.83. The second-order valence-corrected chi connectivity index (χ2v) is 18.8. The van der Waals surface area contributed by atoms with Crippen LogP contribution >= 0.6 is 15.8 Å². The van der Waals surface area contributed by atoms with Crippen LogP contribution in [-0.2, 0) is 41.8 Å². The van der Waals surface area contributed by atoms with Gasteiger partial charge in [0, 0.05) is 0 Å². The molecule has 0 heterocycles. The number of halogens is 12. The summed E-state index contributed by atoms with van der Waals surface area (Å²) in [5.74, 6) is 0. The van der Waals surface area contributed by atoms with Crippen LogP contribution in [0.1, 0.15) is 105 Å². The van der Waals surface area contributed by atoms with Crippen molar-refractivity contribution in [3.8, 4) is 0 Å². The van der Waals surface area contributed by atoms with Crippen molar-refractivity contribution in [2.45, 2.75) is 113 Å². The Kier molecular flexibility index (Phi) is 15.0. The smallest absolute Gasteiger partial charge is 0.288 e. The van der Waals surface area contributed by atoms with Crippen molar-refractivity contribution < 1.29 is 69.8 Å². The van der Waals surface area contributed by atoms with Crippen LogP contribution in [0.15, 0.2) is 65.7 Å². The van der Waals surface area contributed by atoms with Crippen LogP contribution in [-0.4, -0.2) is 11.3 Å². The monoisotopic (exact) mass is 860 g/mol. The SMILES string of the molecule is C[C@H](c1[c]cc[c-]1P(c1cc(C(F)(F)F)cc(C(F)(F)F)c1)c1cc(C(F)(F)F)cc(C(F)(F)F)c1)P(C1CCCCC1)C1CCCCC1.[C]1=C=C=C=[C-]1.[Fe+2]. The molecule has 0 N–H and O–H groups in total. The quantitative estimate of drug-likeness (QED) is 0.0730. The van der Waals surface area contributed by atoms with E-state index in [1.165, 1.54) is 12.1 Å². The van der Waals surface area contributed by atoms with Gasteiger partial charge in [0.15, 0.2) is 0 Å². The van der Waals surface area contributed by atoms with E-state index in [4.69, 9.17) is 0 Å². The number of hydrogen-bond acceptors (Lipinski definition) is 0. The number of alkyl halides is 12.